The summed E-state index contributed by atoms with van der Waals surface area (Å²) in [7, 11) is -2.07. The summed E-state index contributed by atoms with van der Waals surface area (Å²) in [6.45, 7) is 6.96. The van der Waals surface area contributed by atoms with E-state index >= 15 is 0 Å². The molecule has 1 saturated heterocycles. The monoisotopic (exact) mass is 522 g/mol. The molecule has 0 amide bonds. The molecule has 0 spiro atoms. The van der Waals surface area contributed by atoms with Gasteiger partial charge in [0.25, 0.3) is 0 Å². The van der Waals surface area contributed by atoms with Crippen molar-refractivity contribution in [2.45, 2.75) is 32.6 Å². The number of rotatable bonds is 10. The molecule has 196 valence electrons. The first-order chi connectivity index (χ1) is 17.8. The van der Waals surface area contributed by atoms with Crippen molar-refractivity contribution in [2.75, 3.05) is 55.7 Å². The fourth-order valence-electron chi connectivity index (χ4n) is 4.78. The van der Waals surface area contributed by atoms with E-state index in [4.69, 9.17) is 4.74 Å². The number of piperazine rings is 1. The van der Waals surface area contributed by atoms with E-state index in [-0.39, 0.29) is 11.6 Å². The molecule has 0 atom stereocenters. The molecule has 1 aliphatic heterocycles. The van der Waals surface area contributed by atoms with Crippen molar-refractivity contribution in [3.8, 4) is 23.1 Å². The predicted octanol–water partition coefficient (Wildman–Crippen LogP) is 4.25. The first-order valence-corrected chi connectivity index (χ1v) is 14.5. The highest BCUT2D eigenvalue weighted by molar-refractivity contribution is 7.92. The van der Waals surface area contributed by atoms with Crippen LogP contribution < -0.4 is 14.4 Å². The molecular weight excluding hydrogens is 488 g/mol. The molecule has 37 heavy (non-hydrogen) atoms. The van der Waals surface area contributed by atoms with Gasteiger partial charge in [-0.1, -0.05) is 32.3 Å². The lowest BCUT2D eigenvalue weighted by Crippen LogP contribution is -2.47. The minimum absolute atomic E-state index is 0.191. The molecule has 10 heteroatoms. The van der Waals surface area contributed by atoms with Gasteiger partial charge in [-0.2, -0.15) is 5.26 Å². The maximum Gasteiger partial charge on any atom is 0.238 e. The van der Waals surface area contributed by atoms with Crippen LogP contribution in [-0.2, 0) is 10.0 Å². The van der Waals surface area contributed by atoms with Crippen LogP contribution in [0.25, 0.3) is 22.0 Å². The van der Waals surface area contributed by atoms with Crippen LogP contribution in [0.1, 0.15) is 38.2 Å². The number of fused-ring (bicyclic) bond motifs is 1. The topological polar surface area (TPSA) is 111 Å². The zero-order valence-electron chi connectivity index (χ0n) is 21.7. The summed E-state index contributed by atoms with van der Waals surface area (Å²) in [6.07, 6.45) is 9.40. The lowest BCUT2D eigenvalue weighted by molar-refractivity contribution is 0.252. The van der Waals surface area contributed by atoms with Crippen LogP contribution >= 0.6 is 0 Å². The van der Waals surface area contributed by atoms with Crippen LogP contribution in [0.5, 0.6) is 5.88 Å². The van der Waals surface area contributed by atoms with Crippen molar-refractivity contribution in [1.29, 1.82) is 5.26 Å². The molecule has 3 aromatic rings. The van der Waals surface area contributed by atoms with E-state index in [0.717, 1.165) is 66.7 Å². The van der Waals surface area contributed by atoms with E-state index in [1.807, 2.05) is 18.2 Å². The normalized spacial score (nSPS) is 14.5. The summed E-state index contributed by atoms with van der Waals surface area (Å²) >= 11 is 0. The zero-order valence-corrected chi connectivity index (χ0v) is 22.5. The Balaban J connectivity index is 1.66. The smallest absolute Gasteiger partial charge is 0.238 e. The molecule has 1 N–H and O–H groups in total. The molecule has 0 aliphatic carbocycles. The molecule has 0 unspecified atom stereocenters. The Morgan fingerprint density at radius 2 is 1.84 bits per heavy atom. The van der Waals surface area contributed by atoms with Crippen molar-refractivity contribution in [3.63, 3.8) is 0 Å². The zero-order chi connectivity index (χ0) is 26.4. The summed E-state index contributed by atoms with van der Waals surface area (Å²) < 4.78 is 31.4. The Hall–Kier alpha value is -3.42. The second-order valence-corrected chi connectivity index (χ2v) is 11.2. The number of benzene rings is 1. The number of unbranched alkanes of at least 4 members (excludes halogenated alkanes) is 3. The largest absolute Gasteiger partial charge is 0.480 e. The first kappa shape index (κ1) is 26.6. The Bertz CT molecular complexity index is 1400. The molecule has 0 radical (unpaired) electrons. The molecule has 1 fully saturated rings. The van der Waals surface area contributed by atoms with Gasteiger partial charge in [0.15, 0.2) is 0 Å². The van der Waals surface area contributed by atoms with E-state index in [1.165, 1.54) is 32.8 Å². The molecule has 3 heterocycles. The average Bonchev–Trinajstić information content (AvgIpc) is 2.89. The standard InChI is InChI=1S/C27H34N6O3S/c1-4-5-6-7-10-32-11-13-33(14-12-32)26-22(17-28)19-29-24-9-8-20(15-23(24)26)21-16-25(31-37(3,34)35)27(36-2)30-18-21/h8-9,15-16,18-19,31H,4-7,10-14H2,1-3H3. The number of nitriles is 1. The van der Waals surface area contributed by atoms with Gasteiger partial charge in [-0.05, 0) is 36.7 Å². The summed E-state index contributed by atoms with van der Waals surface area (Å²) in [4.78, 5) is 13.6. The molecule has 0 bridgehead atoms. The summed E-state index contributed by atoms with van der Waals surface area (Å²) in [5, 5.41) is 10.8. The number of nitrogens with zero attached hydrogens (tertiary/aromatic N) is 5. The number of methoxy groups -OCH3 is 1. The fourth-order valence-corrected chi connectivity index (χ4v) is 5.33. The van der Waals surface area contributed by atoms with E-state index < -0.39 is 10.0 Å². The molecule has 1 aromatic carbocycles. The van der Waals surface area contributed by atoms with E-state index in [0.29, 0.717) is 5.56 Å². The quantitative estimate of drug-likeness (QED) is 0.393. The SMILES string of the molecule is CCCCCCN1CCN(c2c(C#N)cnc3ccc(-c4cnc(OC)c(NS(C)(=O)=O)c4)cc23)CC1. The van der Waals surface area contributed by atoms with Gasteiger partial charge < -0.3 is 9.64 Å². The van der Waals surface area contributed by atoms with Crippen LogP contribution in [0.15, 0.2) is 36.7 Å². The number of aromatic nitrogens is 2. The van der Waals surface area contributed by atoms with Gasteiger partial charge in [0.1, 0.15) is 11.8 Å². The second kappa shape index (κ2) is 11.8. The Morgan fingerprint density at radius 1 is 1.05 bits per heavy atom. The third kappa shape index (κ3) is 6.48. The number of anilines is 2. The molecule has 2 aromatic heterocycles. The Morgan fingerprint density at radius 3 is 2.51 bits per heavy atom. The summed E-state index contributed by atoms with van der Waals surface area (Å²) in [5.41, 5.74) is 4.08. The van der Waals surface area contributed by atoms with Gasteiger partial charge >= 0.3 is 0 Å². The van der Waals surface area contributed by atoms with Crippen molar-refractivity contribution < 1.29 is 13.2 Å². The van der Waals surface area contributed by atoms with Gasteiger partial charge in [-0.25, -0.2) is 13.4 Å². The number of pyridine rings is 2. The minimum Gasteiger partial charge on any atom is -0.480 e. The highest BCUT2D eigenvalue weighted by Crippen LogP contribution is 2.35. The predicted molar refractivity (Wildman–Crippen MR) is 148 cm³/mol. The molecular formula is C27H34N6O3S. The maximum atomic E-state index is 11.8. The second-order valence-electron chi connectivity index (χ2n) is 9.41. The third-order valence-electron chi connectivity index (χ3n) is 6.65. The van der Waals surface area contributed by atoms with Crippen molar-refractivity contribution in [2.24, 2.45) is 0 Å². The van der Waals surface area contributed by atoms with Crippen LogP contribution in [0.3, 0.4) is 0 Å². The van der Waals surface area contributed by atoms with Gasteiger partial charge in [-0.3, -0.25) is 14.6 Å². The summed E-state index contributed by atoms with van der Waals surface area (Å²) in [6, 6.07) is 9.88. The lowest BCUT2D eigenvalue weighted by atomic mass is 10.0. The van der Waals surface area contributed by atoms with E-state index in [1.54, 1.807) is 18.5 Å². The van der Waals surface area contributed by atoms with E-state index in [2.05, 4.69) is 37.5 Å². The van der Waals surface area contributed by atoms with Crippen LogP contribution in [0.4, 0.5) is 11.4 Å². The number of hydrogen-bond acceptors (Lipinski definition) is 8. The van der Waals surface area contributed by atoms with Crippen LogP contribution in [-0.4, -0.2) is 69.4 Å². The average molecular weight is 523 g/mol. The molecule has 4 rings (SSSR count). The van der Waals surface area contributed by atoms with Gasteiger partial charge in [0.2, 0.25) is 15.9 Å². The Kier molecular flexibility index (Phi) is 8.46. The molecule has 0 saturated carbocycles. The third-order valence-corrected chi connectivity index (χ3v) is 7.24. The molecule has 1 aliphatic rings. The van der Waals surface area contributed by atoms with Gasteiger partial charge in [-0.15, -0.1) is 0 Å². The maximum absolute atomic E-state index is 11.8. The van der Waals surface area contributed by atoms with Crippen molar-refractivity contribution >= 4 is 32.3 Å². The van der Waals surface area contributed by atoms with Crippen molar-refractivity contribution in [3.05, 3.63) is 42.2 Å². The van der Waals surface area contributed by atoms with Gasteiger partial charge in [0.05, 0.1) is 30.1 Å². The van der Waals surface area contributed by atoms with Crippen LogP contribution in [0.2, 0.25) is 0 Å². The van der Waals surface area contributed by atoms with Crippen LogP contribution in [0, 0.1) is 11.3 Å². The van der Waals surface area contributed by atoms with Crippen molar-refractivity contribution in [1.82, 2.24) is 14.9 Å². The highest BCUT2D eigenvalue weighted by Gasteiger charge is 2.22. The Labute approximate surface area is 219 Å². The summed E-state index contributed by atoms with van der Waals surface area (Å²) in [5.74, 6) is 0.191. The minimum atomic E-state index is -3.51. The fraction of sp³-hybridized carbons (Fsp3) is 0.444. The number of nitrogens with one attached hydrogen (secondary N) is 1. The lowest BCUT2D eigenvalue weighted by Gasteiger charge is -2.37. The highest BCUT2D eigenvalue weighted by atomic mass is 32.2. The number of sulfonamides is 1. The molecule has 9 nitrogen and oxygen atoms in total. The van der Waals surface area contributed by atoms with Gasteiger partial charge in [0, 0.05) is 49.5 Å². The first-order valence-electron chi connectivity index (χ1n) is 12.6. The number of hydrogen-bond donors (Lipinski definition) is 1. The number of ether oxygens (including phenoxy) is 1. The van der Waals surface area contributed by atoms with E-state index in [9.17, 15) is 13.7 Å².